The van der Waals surface area contributed by atoms with Crippen molar-refractivity contribution in [3.63, 3.8) is 0 Å². The number of benzene rings is 10. The Kier molecular flexibility index (Phi) is 4.90. The molecule has 11 rings (SSSR count). The van der Waals surface area contributed by atoms with Gasteiger partial charge in [0.2, 0.25) is 0 Å². The molecule has 0 fully saturated rings. The molecule has 0 bridgehead atoms. The van der Waals surface area contributed by atoms with Gasteiger partial charge in [-0.25, -0.2) is 0 Å². The van der Waals surface area contributed by atoms with Gasteiger partial charge < -0.3 is 4.42 Å². The van der Waals surface area contributed by atoms with Crippen LogP contribution in [0.5, 0.6) is 0 Å². The molecule has 10 aromatic carbocycles. The topological polar surface area (TPSA) is 13.1 Å². The Balaban J connectivity index is 1.26. The molecule has 1 heterocycles. The molecule has 0 saturated heterocycles. The maximum absolute atomic E-state index is 6.85. The zero-order chi connectivity index (χ0) is 30.6. The van der Waals surface area contributed by atoms with Crippen molar-refractivity contribution in [1.82, 2.24) is 0 Å². The molecule has 1 aromatic heterocycles. The first-order valence-electron chi connectivity index (χ1n) is 16.3. The molecule has 0 atom stereocenters. The minimum atomic E-state index is 0.916. The van der Waals surface area contributed by atoms with Crippen LogP contribution < -0.4 is 0 Å². The average Bonchev–Trinajstić information content (AvgIpc) is 3.52. The Hall–Kier alpha value is -6.18. The molecule has 216 valence electrons. The minimum Gasteiger partial charge on any atom is -0.455 e. The summed E-state index contributed by atoms with van der Waals surface area (Å²) in [5, 5.41) is 17.5. The first kappa shape index (κ1) is 25.1. The first-order valence-corrected chi connectivity index (χ1v) is 16.3. The van der Waals surface area contributed by atoms with Crippen LogP contribution in [0.1, 0.15) is 0 Å². The summed E-state index contributed by atoms with van der Waals surface area (Å²) in [6.07, 6.45) is 0. The van der Waals surface area contributed by atoms with Crippen LogP contribution in [0, 0.1) is 0 Å². The lowest BCUT2D eigenvalue weighted by Crippen LogP contribution is -1.89. The van der Waals surface area contributed by atoms with E-state index in [2.05, 4.69) is 158 Å². The largest absolute Gasteiger partial charge is 0.455 e. The molecular formula is C46H26O. The van der Waals surface area contributed by atoms with Gasteiger partial charge in [-0.3, -0.25) is 0 Å². The second kappa shape index (κ2) is 9.19. The molecule has 0 saturated carbocycles. The van der Waals surface area contributed by atoms with Crippen LogP contribution in [0.15, 0.2) is 162 Å². The Labute approximate surface area is 270 Å². The van der Waals surface area contributed by atoms with Gasteiger partial charge in [-0.1, -0.05) is 133 Å². The van der Waals surface area contributed by atoms with Gasteiger partial charge in [-0.05, 0) is 106 Å². The molecule has 1 heteroatoms. The van der Waals surface area contributed by atoms with E-state index < -0.39 is 0 Å². The Bertz CT molecular complexity index is 3050. The number of furan rings is 1. The van der Waals surface area contributed by atoms with Crippen molar-refractivity contribution < 1.29 is 4.42 Å². The van der Waals surface area contributed by atoms with Gasteiger partial charge >= 0.3 is 0 Å². The van der Waals surface area contributed by atoms with Crippen molar-refractivity contribution in [3.8, 4) is 22.3 Å². The van der Waals surface area contributed by atoms with E-state index in [1.54, 1.807) is 0 Å². The van der Waals surface area contributed by atoms with Crippen molar-refractivity contribution in [3.05, 3.63) is 158 Å². The van der Waals surface area contributed by atoms with Gasteiger partial charge in [0.15, 0.2) is 0 Å². The molecular weight excluding hydrogens is 569 g/mol. The van der Waals surface area contributed by atoms with Gasteiger partial charge in [0.1, 0.15) is 11.2 Å². The molecule has 0 N–H and O–H groups in total. The Morgan fingerprint density at radius 3 is 1.79 bits per heavy atom. The second-order valence-electron chi connectivity index (χ2n) is 12.9. The van der Waals surface area contributed by atoms with Crippen molar-refractivity contribution in [2.24, 2.45) is 0 Å². The summed E-state index contributed by atoms with van der Waals surface area (Å²) in [4.78, 5) is 0. The minimum absolute atomic E-state index is 0.916. The number of fused-ring (bicyclic) bond motifs is 8. The van der Waals surface area contributed by atoms with Crippen LogP contribution in [0.25, 0.3) is 109 Å². The summed E-state index contributed by atoms with van der Waals surface area (Å²) >= 11 is 0. The van der Waals surface area contributed by atoms with E-state index in [9.17, 15) is 0 Å². The van der Waals surface area contributed by atoms with Crippen LogP contribution in [0.3, 0.4) is 0 Å². The van der Waals surface area contributed by atoms with Gasteiger partial charge in [0, 0.05) is 16.3 Å². The van der Waals surface area contributed by atoms with E-state index in [0.29, 0.717) is 0 Å². The number of hydrogen-bond acceptors (Lipinski definition) is 1. The van der Waals surface area contributed by atoms with Gasteiger partial charge in [-0.2, -0.15) is 0 Å². The highest BCUT2D eigenvalue weighted by molar-refractivity contribution is 6.27. The molecule has 0 spiro atoms. The molecule has 11 aromatic rings. The third-order valence-electron chi connectivity index (χ3n) is 10.4. The first-order chi connectivity index (χ1) is 23.3. The normalized spacial score (nSPS) is 12.3. The van der Waals surface area contributed by atoms with E-state index >= 15 is 0 Å². The molecule has 47 heavy (non-hydrogen) atoms. The van der Waals surface area contributed by atoms with Crippen molar-refractivity contribution in [2.45, 2.75) is 0 Å². The Morgan fingerprint density at radius 2 is 0.915 bits per heavy atom. The number of rotatable bonds is 2. The number of hydrogen-bond donors (Lipinski definition) is 0. The second-order valence-corrected chi connectivity index (χ2v) is 12.9. The highest BCUT2D eigenvalue weighted by Crippen LogP contribution is 2.46. The van der Waals surface area contributed by atoms with Crippen LogP contribution in [0.4, 0.5) is 0 Å². The fraction of sp³-hybridized carbons (Fsp3) is 0. The third kappa shape index (κ3) is 3.49. The van der Waals surface area contributed by atoms with E-state index in [-0.39, 0.29) is 0 Å². The molecule has 0 amide bonds. The smallest absolute Gasteiger partial charge is 0.143 e. The SMILES string of the molecule is c1ccc2c(c1)ccc1cc(-c3cc(-c4ccc5ccc6cccc7ccc4c5c67)c4oc5ccc6ccccc6c5c4c3)ccc12. The van der Waals surface area contributed by atoms with Crippen LogP contribution in [-0.2, 0) is 0 Å². The highest BCUT2D eigenvalue weighted by Gasteiger charge is 2.20. The zero-order valence-corrected chi connectivity index (χ0v) is 25.4. The lowest BCUT2D eigenvalue weighted by atomic mass is 9.88. The summed E-state index contributed by atoms with van der Waals surface area (Å²) < 4.78 is 6.85. The molecule has 0 aliphatic rings. The molecule has 0 aliphatic carbocycles. The van der Waals surface area contributed by atoms with Crippen molar-refractivity contribution >= 4 is 86.6 Å². The maximum atomic E-state index is 6.85. The highest BCUT2D eigenvalue weighted by atomic mass is 16.3. The average molecular weight is 595 g/mol. The lowest BCUT2D eigenvalue weighted by molar-refractivity contribution is 0.670. The van der Waals surface area contributed by atoms with Gasteiger partial charge in [0.25, 0.3) is 0 Å². The van der Waals surface area contributed by atoms with Gasteiger partial charge in [-0.15, -0.1) is 0 Å². The van der Waals surface area contributed by atoms with Crippen molar-refractivity contribution in [2.75, 3.05) is 0 Å². The van der Waals surface area contributed by atoms with E-state index in [1.165, 1.54) is 86.7 Å². The standard InChI is InChI=1S/C46H26O/c1-3-10-35-27(6-1)12-15-33-24-32(18-20-36(33)35)34-25-40(46-41(26-34)45-37-11-4-2-7-28(37)19-23-42(45)47-46)38-21-16-31-14-13-29-8-5-9-30-17-22-39(38)44(31)43(29)30/h1-26H. The fourth-order valence-corrected chi connectivity index (χ4v) is 8.18. The maximum Gasteiger partial charge on any atom is 0.143 e. The Morgan fingerprint density at radius 1 is 0.298 bits per heavy atom. The quantitative estimate of drug-likeness (QED) is 0.182. The summed E-state index contributed by atoms with van der Waals surface area (Å²) in [7, 11) is 0. The van der Waals surface area contributed by atoms with Crippen LogP contribution in [0.2, 0.25) is 0 Å². The molecule has 1 nitrogen and oxygen atoms in total. The fourth-order valence-electron chi connectivity index (χ4n) is 8.18. The van der Waals surface area contributed by atoms with E-state index in [4.69, 9.17) is 4.42 Å². The summed E-state index contributed by atoms with van der Waals surface area (Å²) in [6, 6.07) is 57.9. The van der Waals surface area contributed by atoms with Crippen molar-refractivity contribution in [1.29, 1.82) is 0 Å². The molecule has 0 radical (unpaired) electrons. The lowest BCUT2D eigenvalue weighted by Gasteiger charge is -2.15. The van der Waals surface area contributed by atoms with E-state index in [1.807, 2.05) is 0 Å². The molecule has 0 unspecified atom stereocenters. The van der Waals surface area contributed by atoms with Gasteiger partial charge in [0.05, 0.1) is 0 Å². The predicted octanol–water partition coefficient (Wildman–Crippen LogP) is 13.3. The zero-order valence-electron chi connectivity index (χ0n) is 25.4. The van der Waals surface area contributed by atoms with Crippen LogP contribution >= 0.6 is 0 Å². The predicted molar refractivity (Wildman–Crippen MR) is 201 cm³/mol. The van der Waals surface area contributed by atoms with E-state index in [0.717, 1.165) is 22.1 Å². The monoisotopic (exact) mass is 594 g/mol. The summed E-state index contributed by atoms with van der Waals surface area (Å²) in [6.45, 7) is 0. The summed E-state index contributed by atoms with van der Waals surface area (Å²) in [5.74, 6) is 0. The summed E-state index contributed by atoms with van der Waals surface area (Å²) in [5.41, 5.74) is 6.54. The molecule has 0 aliphatic heterocycles. The third-order valence-corrected chi connectivity index (χ3v) is 10.4. The van der Waals surface area contributed by atoms with Crippen LogP contribution in [-0.4, -0.2) is 0 Å².